The fourth-order valence-corrected chi connectivity index (χ4v) is 2.12. The highest BCUT2D eigenvalue weighted by atomic mass is 16.5. The molecule has 1 aromatic rings. The van der Waals surface area contributed by atoms with Crippen molar-refractivity contribution in [1.82, 2.24) is 16.1 Å². The van der Waals surface area contributed by atoms with Crippen LogP contribution in [0.25, 0.3) is 0 Å². The molecule has 0 aliphatic heterocycles. The molecule has 0 aliphatic rings. The lowest BCUT2D eigenvalue weighted by molar-refractivity contribution is -0.143. The van der Waals surface area contributed by atoms with Gasteiger partial charge in [0.2, 0.25) is 5.91 Å². The van der Waals surface area contributed by atoms with Crippen LogP contribution in [-0.4, -0.2) is 56.9 Å². The standard InChI is InChI=1S/C17H23N5O6/c1-27-15(24)7-13(8-16(25)28-2)22-14(23)9-19-17(26)11-4-3-5-12(6-11)20-10-21-18/h3-6,10,13H,7-9,18H2,1-2H3,(H,19,26)(H,20,21)(H,22,23). The Morgan fingerprint density at radius 3 is 2.36 bits per heavy atom. The summed E-state index contributed by atoms with van der Waals surface area (Å²) < 4.78 is 9.07. The third-order valence-corrected chi connectivity index (χ3v) is 3.45. The van der Waals surface area contributed by atoms with Crippen molar-refractivity contribution in [3.63, 3.8) is 0 Å². The van der Waals surface area contributed by atoms with E-state index in [1.807, 2.05) is 0 Å². The Kier molecular flexibility index (Phi) is 9.68. The van der Waals surface area contributed by atoms with Crippen molar-refractivity contribution >= 4 is 35.8 Å². The molecular formula is C17H23N5O6. The minimum Gasteiger partial charge on any atom is -0.469 e. The third kappa shape index (κ3) is 8.27. The van der Waals surface area contributed by atoms with Crippen LogP contribution in [0.15, 0.2) is 29.3 Å². The molecule has 1 aromatic carbocycles. The molecule has 11 heteroatoms. The third-order valence-electron chi connectivity index (χ3n) is 3.45. The molecule has 152 valence electrons. The fraction of sp³-hybridized carbons (Fsp3) is 0.353. The van der Waals surface area contributed by atoms with Crippen LogP contribution in [0, 0.1) is 0 Å². The van der Waals surface area contributed by atoms with E-state index in [0.717, 1.165) is 0 Å². The highest BCUT2D eigenvalue weighted by molar-refractivity contribution is 5.97. The smallest absolute Gasteiger partial charge is 0.307 e. The molecule has 0 radical (unpaired) electrons. The molecule has 0 saturated heterocycles. The van der Waals surface area contributed by atoms with Gasteiger partial charge in [-0.2, -0.15) is 0 Å². The number of ether oxygens (including phenoxy) is 2. The number of carbonyl (C=O) groups excluding carboxylic acids is 4. The Bertz CT molecular complexity index is 719. The number of hydrogen-bond acceptors (Lipinski definition) is 8. The lowest BCUT2D eigenvalue weighted by Crippen LogP contribution is -2.43. The van der Waals surface area contributed by atoms with Gasteiger partial charge in [0.05, 0.1) is 39.3 Å². The van der Waals surface area contributed by atoms with E-state index < -0.39 is 29.8 Å². The number of carbonyl (C=O) groups is 4. The van der Waals surface area contributed by atoms with Crippen molar-refractivity contribution in [2.24, 2.45) is 10.8 Å². The van der Waals surface area contributed by atoms with Crippen LogP contribution in [0.1, 0.15) is 23.2 Å². The Balaban J connectivity index is 2.63. The van der Waals surface area contributed by atoms with E-state index in [9.17, 15) is 19.2 Å². The molecule has 0 unspecified atom stereocenters. The number of benzene rings is 1. The van der Waals surface area contributed by atoms with E-state index in [2.05, 4.69) is 30.5 Å². The maximum absolute atomic E-state index is 12.2. The van der Waals surface area contributed by atoms with Crippen molar-refractivity contribution in [3.05, 3.63) is 29.8 Å². The topological polar surface area (TPSA) is 161 Å². The van der Waals surface area contributed by atoms with Gasteiger partial charge in [0.15, 0.2) is 0 Å². The number of hydrazine groups is 1. The van der Waals surface area contributed by atoms with E-state index >= 15 is 0 Å². The Hall–Kier alpha value is -3.47. The molecule has 11 nitrogen and oxygen atoms in total. The summed E-state index contributed by atoms with van der Waals surface area (Å²) in [4.78, 5) is 51.0. The number of methoxy groups -OCH3 is 2. The van der Waals surface area contributed by atoms with Crippen molar-refractivity contribution in [2.75, 3.05) is 20.8 Å². The van der Waals surface area contributed by atoms with Gasteiger partial charge >= 0.3 is 11.9 Å². The molecule has 1 rings (SSSR count). The van der Waals surface area contributed by atoms with Crippen molar-refractivity contribution in [3.8, 4) is 0 Å². The number of rotatable bonds is 10. The van der Waals surface area contributed by atoms with Crippen molar-refractivity contribution in [2.45, 2.75) is 18.9 Å². The molecule has 0 aromatic heterocycles. The molecule has 2 amide bonds. The number of nitrogens with one attached hydrogen (secondary N) is 3. The van der Waals surface area contributed by atoms with Gasteiger partial charge in [-0.1, -0.05) is 6.07 Å². The van der Waals surface area contributed by atoms with Gasteiger partial charge in [0, 0.05) is 11.6 Å². The van der Waals surface area contributed by atoms with Crippen LogP contribution in [0.2, 0.25) is 0 Å². The summed E-state index contributed by atoms with van der Waals surface area (Å²) >= 11 is 0. The molecule has 0 saturated carbocycles. The van der Waals surface area contributed by atoms with E-state index in [4.69, 9.17) is 5.84 Å². The highest BCUT2D eigenvalue weighted by Gasteiger charge is 2.21. The second-order valence-corrected chi connectivity index (χ2v) is 5.48. The zero-order chi connectivity index (χ0) is 20.9. The summed E-state index contributed by atoms with van der Waals surface area (Å²) in [6, 6.07) is 5.55. The molecule has 0 fully saturated rings. The normalized spacial score (nSPS) is 10.4. The monoisotopic (exact) mass is 393 g/mol. The summed E-state index contributed by atoms with van der Waals surface area (Å²) in [5.74, 6) is 2.83. The number of aliphatic imine (C=N–C) groups is 1. The lowest BCUT2D eigenvalue weighted by atomic mass is 10.1. The Morgan fingerprint density at radius 1 is 1.14 bits per heavy atom. The summed E-state index contributed by atoms with van der Waals surface area (Å²) in [6.07, 6.45) is 0.842. The van der Waals surface area contributed by atoms with Gasteiger partial charge in [-0.15, -0.1) is 0 Å². The second kappa shape index (κ2) is 12.0. The van der Waals surface area contributed by atoms with Crippen molar-refractivity contribution < 1.29 is 28.7 Å². The molecule has 28 heavy (non-hydrogen) atoms. The molecule has 0 heterocycles. The molecule has 0 aliphatic carbocycles. The molecule has 0 atom stereocenters. The minimum absolute atomic E-state index is 0.208. The number of nitrogens with zero attached hydrogens (tertiary/aromatic N) is 1. The lowest BCUT2D eigenvalue weighted by Gasteiger charge is -2.16. The first-order chi connectivity index (χ1) is 13.4. The Labute approximate surface area is 161 Å². The van der Waals surface area contributed by atoms with Gasteiger partial charge < -0.3 is 25.5 Å². The first kappa shape index (κ1) is 22.6. The molecule has 0 spiro atoms. The predicted octanol–water partition coefficient (Wildman–Crippen LogP) is -0.849. The second-order valence-electron chi connectivity index (χ2n) is 5.48. The largest absolute Gasteiger partial charge is 0.469 e. The molecule has 0 bridgehead atoms. The number of amides is 2. The first-order valence-corrected chi connectivity index (χ1v) is 8.19. The fourth-order valence-electron chi connectivity index (χ4n) is 2.12. The van der Waals surface area contributed by atoms with Crippen LogP contribution in [0.5, 0.6) is 0 Å². The number of hydrogen-bond donors (Lipinski definition) is 4. The average molecular weight is 393 g/mol. The Morgan fingerprint density at radius 2 is 1.79 bits per heavy atom. The quantitative estimate of drug-likeness (QED) is 0.131. The van der Waals surface area contributed by atoms with Crippen LogP contribution < -0.4 is 21.9 Å². The minimum atomic E-state index is -0.814. The highest BCUT2D eigenvalue weighted by Crippen LogP contribution is 2.13. The van der Waals surface area contributed by atoms with E-state index in [0.29, 0.717) is 11.3 Å². The first-order valence-electron chi connectivity index (χ1n) is 8.19. The number of esters is 2. The maximum Gasteiger partial charge on any atom is 0.307 e. The average Bonchev–Trinajstić information content (AvgIpc) is 2.70. The van der Waals surface area contributed by atoms with Gasteiger partial charge in [-0.25, -0.2) is 10.8 Å². The van der Waals surface area contributed by atoms with Crippen LogP contribution >= 0.6 is 0 Å². The summed E-state index contributed by atoms with van der Waals surface area (Å²) in [6.45, 7) is -0.352. The van der Waals surface area contributed by atoms with Crippen LogP contribution in [-0.2, 0) is 23.9 Å². The molecule has 5 N–H and O–H groups in total. The number of nitrogens with two attached hydrogens (primary N) is 1. The molecular weight excluding hydrogens is 370 g/mol. The SMILES string of the molecule is COC(=O)CC(CC(=O)OC)NC(=O)CNC(=O)c1cccc(N=CNN)c1. The van der Waals surface area contributed by atoms with Crippen LogP contribution in [0.3, 0.4) is 0 Å². The summed E-state index contributed by atoms with van der Waals surface area (Å²) in [7, 11) is 2.39. The van der Waals surface area contributed by atoms with Gasteiger partial charge in [0.1, 0.15) is 6.34 Å². The zero-order valence-electron chi connectivity index (χ0n) is 15.6. The van der Waals surface area contributed by atoms with E-state index in [1.54, 1.807) is 18.2 Å². The van der Waals surface area contributed by atoms with E-state index in [-0.39, 0.29) is 19.4 Å². The zero-order valence-corrected chi connectivity index (χ0v) is 15.6. The van der Waals surface area contributed by atoms with E-state index in [1.165, 1.54) is 26.6 Å². The maximum atomic E-state index is 12.2. The van der Waals surface area contributed by atoms with Crippen molar-refractivity contribution in [1.29, 1.82) is 0 Å². The summed E-state index contributed by atoms with van der Waals surface area (Å²) in [5, 5.41) is 4.94. The van der Waals surface area contributed by atoms with Gasteiger partial charge in [-0.05, 0) is 18.2 Å². The van der Waals surface area contributed by atoms with Gasteiger partial charge in [0.25, 0.3) is 5.91 Å². The van der Waals surface area contributed by atoms with Crippen LogP contribution in [0.4, 0.5) is 5.69 Å². The predicted molar refractivity (Wildman–Crippen MR) is 99.4 cm³/mol. The van der Waals surface area contributed by atoms with Gasteiger partial charge in [-0.3, -0.25) is 19.2 Å². The summed E-state index contributed by atoms with van der Waals surface area (Å²) in [5.41, 5.74) is 3.03.